The van der Waals surface area contributed by atoms with Crippen LogP contribution in [-0.4, -0.2) is 53.4 Å². The van der Waals surface area contributed by atoms with E-state index in [2.05, 4.69) is 23.9 Å². The summed E-state index contributed by atoms with van der Waals surface area (Å²) in [7, 11) is 2.09. The molecule has 4 nitrogen and oxygen atoms in total. The molecule has 2 rings (SSSR count). The second-order valence-corrected chi connectivity index (χ2v) is 4.30. The van der Waals surface area contributed by atoms with Crippen molar-refractivity contribution in [1.82, 2.24) is 14.8 Å². The van der Waals surface area contributed by atoms with E-state index in [0.29, 0.717) is 11.7 Å². The number of aromatic nitrogens is 1. The van der Waals surface area contributed by atoms with Gasteiger partial charge in [0.1, 0.15) is 5.69 Å². The van der Waals surface area contributed by atoms with Crippen molar-refractivity contribution in [2.24, 2.45) is 0 Å². The fourth-order valence-electron chi connectivity index (χ4n) is 1.88. The average Bonchev–Trinajstić information content (AvgIpc) is 2.33. The first kappa shape index (κ1) is 11.1. The molecule has 0 radical (unpaired) electrons. The number of hydrogen-bond donors (Lipinski definition) is 0. The fourth-order valence-corrected chi connectivity index (χ4v) is 1.88. The Balaban J connectivity index is 2.06. The van der Waals surface area contributed by atoms with E-state index >= 15 is 0 Å². The van der Waals surface area contributed by atoms with E-state index < -0.39 is 0 Å². The van der Waals surface area contributed by atoms with Crippen molar-refractivity contribution >= 4 is 5.91 Å². The van der Waals surface area contributed by atoms with E-state index in [1.807, 2.05) is 17.0 Å². The van der Waals surface area contributed by atoms with E-state index in [0.717, 1.165) is 19.6 Å². The lowest BCUT2D eigenvalue weighted by Crippen LogP contribution is -2.52. The molecule has 0 N–H and O–H groups in total. The third-order valence-electron chi connectivity index (χ3n) is 3.13. The maximum absolute atomic E-state index is 12.1. The summed E-state index contributed by atoms with van der Waals surface area (Å²) in [6.45, 7) is 4.64. The molecule has 1 atom stereocenters. The molecule has 0 spiro atoms. The quantitative estimate of drug-likeness (QED) is 0.703. The van der Waals surface area contributed by atoms with Gasteiger partial charge in [0, 0.05) is 31.9 Å². The zero-order chi connectivity index (χ0) is 11.5. The Morgan fingerprint density at radius 3 is 2.88 bits per heavy atom. The van der Waals surface area contributed by atoms with Crippen LogP contribution >= 0.6 is 0 Å². The Bertz CT molecular complexity index is 366. The summed E-state index contributed by atoms with van der Waals surface area (Å²) in [6, 6.07) is 5.86. The van der Waals surface area contributed by atoms with Gasteiger partial charge in [-0.15, -0.1) is 0 Å². The zero-order valence-electron chi connectivity index (χ0n) is 9.76. The van der Waals surface area contributed by atoms with Crippen molar-refractivity contribution < 1.29 is 4.79 Å². The lowest BCUT2D eigenvalue weighted by Gasteiger charge is -2.37. The van der Waals surface area contributed by atoms with Crippen molar-refractivity contribution in [2.75, 3.05) is 26.7 Å². The van der Waals surface area contributed by atoms with E-state index in [1.165, 1.54) is 0 Å². The van der Waals surface area contributed by atoms with Gasteiger partial charge in [-0.25, -0.2) is 0 Å². The van der Waals surface area contributed by atoms with Gasteiger partial charge >= 0.3 is 0 Å². The van der Waals surface area contributed by atoms with Crippen LogP contribution in [0.4, 0.5) is 0 Å². The summed E-state index contributed by atoms with van der Waals surface area (Å²) in [6.07, 6.45) is 1.66. The van der Waals surface area contributed by atoms with Gasteiger partial charge in [0.2, 0.25) is 0 Å². The second-order valence-electron chi connectivity index (χ2n) is 4.30. The molecule has 0 bridgehead atoms. The monoisotopic (exact) mass is 219 g/mol. The number of hydrogen-bond acceptors (Lipinski definition) is 3. The predicted molar refractivity (Wildman–Crippen MR) is 62.2 cm³/mol. The van der Waals surface area contributed by atoms with Gasteiger partial charge in [-0.3, -0.25) is 9.78 Å². The zero-order valence-corrected chi connectivity index (χ0v) is 9.76. The standard InChI is InChI=1S/C12H17N3O/c1-10-9-15(8-7-14(10)2)12(16)11-5-3-4-6-13-11/h3-6,10H,7-9H2,1-2H3. The Morgan fingerprint density at radius 2 is 2.25 bits per heavy atom. The highest BCUT2D eigenvalue weighted by Gasteiger charge is 2.25. The highest BCUT2D eigenvalue weighted by atomic mass is 16.2. The molecule has 1 aromatic rings. The first-order chi connectivity index (χ1) is 7.68. The summed E-state index contributed by atoms with van der Waals surface area (Å²) in [5, 5.41) is 0. The number of rotatable bonds is 1. The second kappa shape index (κ2) is 4.61. The SMILES string of the molecule is CC1CN(C(=O)c2ccccn2)CCN1C. The van der Waals surface area contributed by atoms with Crippen molar-refractivity contribution in [3.63, 3.8) is 0 Å². The van der Waals surface area contributed by atoms with Gasteiger partial charge in [-0.2, -0.15) is 0 Å². The molecular weight excluding hydrogens is 202 g/mol. The van der Waals surface area contributed by atoms with Crippen molar-refractivity contribution in [3.8, 4) is 0 Å². The van der Waals surface area contributed by atoms with Crippen LogP contribution in [0.3, 0.4) is 0 Å². The van der Waals surface area contributed by atoms with Crippen LogP contribution in [0.2, 0.25) is 0 Å². The summed E-state index contributed by atoms with van der Waals surface area (Å²) in [5.74, 6) is 0.0422. The first-order valence-corrected chi connectivity index (χ1v) is 5.59. The van der Waals surface area contributed by atoms with E-state index in [4.69, 9.17) is 0 Å². The minimum Gasteiger partial charge on any atom is -0.334 e. The highest BCUT2D eigenvalue weighted by molar-refractivity contribution is 5.92. The van der Waals surface area contributed by atoms with Crippen LogP contribution in [0.25, 0.3) is 0 Å². The molecule has 4 heteroatoms. The van der Waals surface area contributed by atoms with Crippen LogP contribution in [0.15, 0.2) is 24.4 Å². The molecule has 1 unspecified atom stereocenters. The topological polar surface area (TPSA) is 36.4 Å². The lowest BCUT2D eigenvalue weighted by molar-refractivity contribution is 0.0567. The minimum atomic E-state index is 0.0422. The number of likely N-dealkylation sites (N-methyl/N-ethyl adjacent to an activating group) is 1. The van der Waals surface area contributed by atoms with Gasteiger partial charge in [0.25, 0.3) is 5.91 Å². The van der Waals surface area contributed by atoms with Crippen LogP contribution < -0.4 is 0 Å². The Morgan fingerprint density at radius 1 is 1.44 bits per heavy atom. The molecule has 86 valence electrons. The van der Waals surface area contributed by atoms with Crippen LogP contribution in [-0.2, 0) is 0 Å². The molecule has 1 amide bonds. The van der Waals surface area contributed by atoms with Crippen molar-refractivity contribution in [3.05, 3.63) is 30.1 Å². The van der Waals surface area contributed by atoms with Crippen LogP contribution in [0.5, 0.6) is 0 Å². The van der Waals surface area contributed by atoms with E-state index in [-0.39, 0.29) is 5.91 Å². The summed E-state index contributed by atoms with van der Waals surface area (Å²) in [4.78, 5) is 20.3. The number of carbonyl (C=O) groups excluding carboxylic acids is 1. The van der Waals surface area contributed by atoms with Gasteiger partial charge in [-0.1, -0.05) is 6.07 Å². The molecule has 1 saturated heterocycles. The van der Waals surface area contributed by atoms with E-state index in [1.54, 1.807) is 12.3 Å². The van der Waals surface area contributed by atoms with Gasteiger partial charge in [-0.05, 0) is 26.1 Å². The average molecular weight is 219 g/mol. The Kier molecular flexibility index (Phi) is 3.19. The predicted octanol–water partition coefficient (Wildman–Crippen LogP) is 0.858. The normalized spacial score (nSPS) is 22.1. The summed E-state index contributed by atoms with van der Waals surface area (Å²) in [5.41, 5.74) is 0.541. The molecule has 0 saturated carbocycles. The molecule has 1 aliphatic rings. The summed E-state index contributed by atoms with van der Waals surface area (Å²) >= 11 is 0. The molecule has 1 aromatic heterocycles. The van der Waals surface area contributed by atoms with Crippen LogP contribution in [0, 0.1) is 0 Å². The number of nitrogens with zero attached hydrogens (tertiary/aromatic N) is 3. The number of piperazine rings is 1. The third-order valence-corrected chi connectivity index (χ3v) is 3.13. The van der Waals surface area contributed by atoms with Crippen molar-refractivity contribution in [1.29, 1.82) is 0 Å². The van der Waals surface area contributed by atoms with Crippen LogP contribution in [0.1, 0.15) is 17.4 Å². The molecule has 1 fully saturated rings. The maximum atomic E-state index is 12.1. The molecular formula is C12H17N3O. The van der Waals surface area contributed by atoms with Gasteiger partial charge in [0.15, 0.2) is 0 Å². The number of amides is 1. The van der Waals surface area contributed by atoms with Crippen molar-refractivity contribution in [2.45, 2.75) is 13.0 Å². The molecule has 1 aliphatic heterocycles. The maximum Gasteiger partial charge on any atom is 0.272 e. The van der Waals surface area contributed by atoms with Gasteiger partial charge in [0.05, 0.1) is 0 Å². The minimum absolute atomic E-state index is 0.0422. The smallest absolute Gasteiger partial charge is 0.272 e. The van der Waals surface area contributed by atoms with Gasteiger partial charge < -0.3 is 9.80 Å². The molecule has 2 heterocycles. The number of pyridine rings is 1. The molecule has 0 aliphatic carbocycles. The molecule has 16 heavy (non-hydrogen) atoms. The Labute approximate surface area is 95.9 Å². The highest BCUT2D eigenvalue weighted by Crippen LogP contribution is 2.10. The Hall–Kier alpha value is -1.42. The van der Waals surface area contributed by atoms with E-state index in [9.17, 15) is 4.79 Å². The fraction of sp³-hybridized carbons (Fsp3) is 0.500. The lowest BCUT2D eigenvalue weighted by atomic mass is 10.2. The third kappa shape index (κ3) is 2.22. The summed E-state index contributed by atoms with van der Waals surface area (Å²) < 4.78 is 0. The largest absolute Gasteiger partial charge is 0.334 e. The number of carbonyl (C=O) groups is 1. The first-order valence-electron chi connectivity index (χ1n) is 5.59. The molecule has 0 aromatic carbocycles.